The Hall–Kier alpha value is -4.28. The average molecular weight is 598 g/mol. The summed E-state index contributed by atoms with van der Waals surface area (Å²) in [6, 6.07) is 10.6. The Morgan fingerprint density at radius 3 is 2.35 bits per heavy atom. The molecule has 0 unspecified atom stereocenters. The quantitative estimate of drug-likeness (QED) is 0.211. The number of benzene rings is 2. The number of cyclic esters (lactones) is 1. The molecule has 228 valence electrons. The minimum absolute atomic E-state index is 0.0180. The fourth-order valence-corrected chi connectivity index (χ4v) is 5.51. The maximum Gasteiger partial charge on any atom is 0.411 e. The molecule has 5 rings (SSSR count). The Morgan fingerprint density at radius 1 is 1.05 bits per heavy atom. The van der Waals surface area contributed by atoms with Gasteiger partial charge < -0.3 is 19.1 Å². The lowest BCUT2D eigenvalue weighted by molar-refractivity contribution is -0.141. The molecule has 2 aliphatic rings. The van der Waals surface area contributed by atoms with E-state index >= 15 is 0 Å². The number of esters is 1. The van der Waals surface area contributed by atoms with E-state index in [1.807, 2.05) is 44.2 Å². The Morgan fingerprint density at radius 2 is 1.74 bits per heavy atom. The number of hydrogen-bond donors (Lipinski definition) is 0. The third-order valence-corrected chi connectivity index (χ3v) is 8.27. The van der Waals surface area contributed by atoms with E-state index in [1.165, 1.54) is 12.0 Å². The molecule has 0 saturated carbocycles. The van der Waals surface area contributed by atoms with Gasteiger partial charge in [-0.15, -0.1) is 0 Å². The first-order valence-electron chi connectivity index (χ1n) is 14.1. The summed E-state index contributed by atoms with van der Waals surface area (Å²) in [6.07, 6.45) is -0.496. The second kappa shape index (κ2) is 11.8. The third-order valence-electron chi connectivity index (χ3n) is 8.27. The Kier molecular flexibility index (Phi) is 8.27. The number of rotatable bonds is 9. The van der Waals surface area contributed by atoms with Crippen molar-refractivity contribution in [2.75, 3.05) is 32.2 Å². The van der Waals surface area contributed by atoms with E-state index in [1.54, 1.807) is 14.0 Å². The summed E-state index contributed by atoms with van der Waals surface area (Å²) in [5.41, 5.74) is 2.32. The standard InChI is InChI=1S/C32H34F3N3O5/c1-18-30(19-13-23(33)29(35)24(34)14-19)43-31(40)38(18)17-25-21(8-10-27(36-25)37-11-6-12-37)22-15-20(7-9-26(22)41-4)32(2,3)16-28(39)42-5/h7-10,13-15,18,30H,6,11-12,16-17H2,1-5H3/t18-,30-/m0/s1. The second-order valence-electron chi connectivity index (χ2n) is 11.5. The van der Waals surface area contributed by atoms with Gasteiger partial charge in [-0.05, 0) is 55.3 Å². The molecule has 2 atom stereocenters. The largest absolute Gasteiger partial charge is 0.496 e. The van der Waals surface area contributed by atoms with Crippen molar-refractivity contribution in [2.45, 2.75) is 57.7 Å². The van der Waals surface area contributed by atoms with Crippen LogP contribution in [-0.4, -0.2) is 55.3 Å². The topological polar surface area (TPSA) is 81.2 Å². The van der Waals surface area contributed by atoms with E-state index in [0.717, 1.165) is 48.6 Å². The van der Waals surface area contributed by atoms with Gasteiger partial charge in [-0.2, -0.15) is 0 Å². The van der Waals surface area contributed by atoms with Crippen LogP contribution in [0.4, 0.5) is 23.8 Å². The van der Waals surface area contributed by atoms with Gasteiger partial charge in [-0.1, -0.05) is 19.9 Å². The number of methoxy groups -OCH3 is 2. The van der Waals surface area contributed by atoms with Gasteiger partial charge in [0.05, 0.1) is 38.9 Å². The summed E-state index contributed by atoms with van der Waals surface area (Å²) in [5, 5.41) is 0. The molecular weight excluding hydrogens is 563 g/mol. The highest BCUT2D eigenvalue weighted by atomic mass is 19.2. The van der Waals surface area contributed by atoms with E-state index < -0.39 is 41.1 Å². The molecule has 1 amide bonds. The summed E-state index contributed by atoms with van der Waals surface area (Å²) in [7, 11) is 2.92. The maximum atomic E-state index is 14.0. The Bertz CT molecular complexity index is 1540. The molecular formula is C32H34F3N3O5. The normalized spacial score (nSPS) is 18.4. The molecule has 1 aromatic heterocycles. The molecule has 3 aromatic rings. The van der Waals surface area contributed by atoms with Crippen LogP contribution in [0.15, 0.2) is 42.5 Å². The highest BCUT2D eigenvalue weighted by molar-refractivity contribution is 5.77. The Balaban J connectivity index is 1.54. The van der Waals surface area contributed by atoms with Crippen LogP contribution in [0, 0.1) is 17.5 Å². The van der Waals surface area contributed by atoms with Crippen LogP contribution in [0.25, 0.3) is 11.1 Å². The first-order chi connectivity index (χ1) is 20.4. The van der Waals surface area contributed by atoms with Crippen molar-refractivity contribution in [3.8, 4) is 16.9 Å². The molecule has 0 aliphatic carbocycles. The highest BCUT2D eigenvalue weighted by Crippen LogP contribution is 2.40. The van der Waals surface area contributed by atoms with Gasteiger partial charge in [0.15, 0.2) is 17.5 Å². The number of anilines is 1. The van der Waals surface area contributed by atoms with E-state index in [4.69, 9.17) is 19.2 Å². The molecule has 3 heterocycles. The van der Waals surface area contributed by atoms with Crippen LogP contribution < -0.4 is 9.64 Å². The summed E-state index contributed by atoms with van der Waals surface area (Å²) in [6.45, 7) is 7.34. The zero-order valence-corrected chi connectivity index (χ0v) is 24.7. The molecule has 0 radical (unpaired) electrons. The molecule has 2 aliphatic heterocycles. The molecule has 11 heteroatoms. The number of carbonyl (C=O) groups excluding carboxylic acids is 2. The van der Waals surface area contributed by atoms with Crippen LogP contribution in [0.1, 0.15) is 56.5 Å². The minimum Gasteiger partial charge on any atom is -0.496 e. The molecule has 2 fully saturated rings. The van der Waals surface area contributed by atoms with Gasteiger partial charge in [-0.25, -0.2) is 22.9 Å². The summed E-state index contributed by atoms with van der Waals surface area (Å²) in [4.78, 5) is 33.8. The zero-order valence-electron chi connectivity index (χ0n) is 24.7. The first-order valence-corrected chi connectivity index (χ1v) is 14.1. The van der Waals surface area contributed by atoms with Crippen molar-refractivity contribution in [1.29, 1.82) is 0 Å². The van der Waals surface area contributed by atoms with E-state index in [2.05, 4.69) is 4.90 Å². The van der Waals surface area contributed by atoms with Gasteiger partial charge in [-0.3, -0.25) is 9.69 Å². The predicted octanol–water partition coefficient (Wildman–Crippen LogP) is 6.31. The number of ether oxygens (including phenoxy) is 3. The molecule has 8 nitrogen and oxygen atoms in total. The lowest BCUT2D eigenvalue weighted by Crippen LogP contribution is -2.38. The van der Waals surface area contributed by atoms with Crippen LogP contribution >= 0.6 is 0 Å². The average Bonchev–Trinajstić information content (AvgIpc) is 3.22. The second-order valence-corrected chi connectivity index (χ2v) is 11.5. The van der Waals surface area contributed by atoms with Gasteiger partial charge in [0.1, 0.15) is 17.7 Å². The molecule has 43 heavy (non-hydrogen) atoms. The molecule has 2 saturated heterocycles. The van der Waals surface area contributed by atoms with Crippen molar-refractivity contribution in [1.82, 2.24) is 9.88 Å². The Labute approximate surface area is 248 Å². The maximum absolute atomic E-state index is 14.0. The predicted molar refractivity (Wildman–Crippen MR) is 153 cm³/mol. The van der Waals surface area contributed by atoms with Crippen LogP contribution in [0.5, 0.6) is 5.75 Å². The highest BCUT2D eigenvalue weighted by Gasteiger charge is 2.41. The number of aromatic nitrogens is 1. The lowest BCUT2D eigenvalue weighted by atomic mass is 9.80. The number of halogens is 3. The molecule has 0 N–H and O–H groups in total. The minimum atomic E-state index is -1.58. The van der Waals surface area contributed by atoms with Crippen molar-refractivity contribution in [3.05, 3.63) is 76.7 Å². The van der Waals surface area contributed by atoms with E-state index in [9.17, 15) is 22.8 Å². The van der Waals surface area contributed by atoms with Crippen molar-refractivity contribution < 1.29 is 37.0 Å². The lowest BCUT2D eigenvalue weighted by Gasteiger charge is -2.33. The fraction of sp³-hybridized carbons (Fsp3) is 0.406. The van der Waals surface area contributed by atoms with Gasteiger partial charge in [0, 0.05) is 35.2 Å². The zero-order chi connectivity index (χ0) is 31.1. The molecule has 2 aromatic carbocycles. The fourth-order valence-electron chi connectivity index (χ4n) is 5.51. The smallest absolute Gasteiger partial charge is 0.411 e. The summed E-state index contributed by atoms with van der Waals surface area (Å²) < 4.78 is 57.8. The van der Waals surface area contributed by atoms with E-state index in [-0.39, 0.29) is 24.5 Å². The van der Waals surface area contributed by atoms with E-state index in [0.29, 0.717) is 17.0 Å². The molecule has 0 bridgehead atoms. The number of pyridine rings is 1. The SMILES string of the molecule is COC(=O)CC(C)(C)c1ccc(OC)c(-c2ccc(N3CCC3)nc2CN2C(=O)O[C@H](c3cc(F)c(F)c(F)c3)[C@@H]2C)c1. The van der Waals surface area contributed by atoms with Gasteiger partial charge in [0.25, 0.3) is 0 Å². The van der Waals surface area contributed by atoms with Crippen LogP contribution in [-0.2, 0) is 26.2 Å². The van der Waals surface area contributed by atoms with Crippen molar-refractivity contribution in [3.63, 3.8) is 0 Å². The number of amides is 1. The van der Waals surface area contributed by atoms with Crippen molar-refractivity contribution in [2.24, 2.45) is 0 Å². The molecule has 0 spiro atoms. The summed E-state index contributed by atoms with van der Waals surface area (Å²) in [5.74, 6) is -3.30. The number of carbonyl (C=O) groups is 2. The number of hydrogen-bond acceptors (Lipinski definition) is 7. The van der Waals surface area contributed by atoms with Gasteiger partial charge in [0.2, 0.25) is 0 Å². The first kappa shape index (κ1) is 30.2. The monoisotopic (exact) mass is 597 g/mol. The summed E-state index contributed by atoms with van der Waals surface area (Å²) >= 11 is 0. The van der Waals surface area contributed by atoms with Crippen LogP contribution in [0.2, 0.25) is 0 Å². The van der Waals surface area contributed by atoms with Gasteiger partial charge >= 0.3 is 12.1 Å². The number of nitrogens with zero attached hydrogens (tertiary/aromatic N) is 3. The van der Waals surface area contributed by atoms with Crippen molar-refractivity contribution >= 4 is 17.9 Å². The third kappa shape index (κ3) is 5.85. The van der Waals surface area contributed by atoms with Crippen LogP contribution in [0.3, 0.4) is 0 Å².